The molecule has 5 aliphatic rings. The lowest BCUT2D eigenvalue weighted by Crippen LogP contribution is -2.65. The van der Waals surface area contributed by atoms with Gasteiger partial charge in [-0.1, -0.05) is 0 Å². The zero-order valence-electron chi connectivity index (χ0n) is 15.0. The number of nitrogens with one attached hydrogen (secondary N) is 3. The van der Waals surface area contributed by atoms with Crippen molar-refractivity contribution < 1.29 is 14.4 Å². The minimum absolute atomic E-state index is 0.0142. The van der Waals surface area contributed by atoms with E-state index in [2.05, 4.69) is 16.0 Å². The third-order valence-corrected chi connectivity index (χ3v) is 6.64. The zero-order valence-corrected chi connectivity index (χ0v) is 15.0. The highest BCUT2D eigenvalue weighted by molar-refractivity contribution is 5.84. The molecule has 0 aromatic carbocycles. The maximum atomic E-state index is 13.0. The first kappa shape index (κ1) is 16.9. The molecule has 138 valence electrons. The van der Waals surface area contributed by atoms with Crippen molar-refractivity contribution in [2.45, 2.75) is 63.8 Å². The van der Waals surface area contributed by atoms with Gasteiger partial charge < -0.3 is 16.0 Å². The Balaban J connectivity index is 1.36. The van der Waals surface area contributed by atoms with Crippen molar-refractivity contribution in [3.63, 3.8) is 0 Å². The summed E-state index contributed by atoms with van der Waals surface area (Å²) in [6.07, 6.45) is 7.91. The smallest absolute Gasteiger partial charge is 0.226 e. The van der Waals surface area contributed by atoms with Crippen molar-refractivity contribution in [3.8, 4) is 0 Å². The molecule has 6 heteroatoms. The summed E-state index contributed by atoms with van der Waals surface area (Å²) in [6, 6.07) is 0. The van der Waals surface area contributed by atoms with Crippen molar-refractivity contribution in [2.24, 2.45) is 23.2 Å². The number of amides is 3. The van der Waals surface area contributed by atoms with E-state index in [1.807, 2.05) is 0 Å². The van der Waals surface area contributed by atoms with Crippen molar-refractivity contribution in [2.75, 3.05) is 13.1 Å². The largest absolute Gasteiger partial charge is 0.354 e. The van der Waals surface area contributed by atoms with Gasteiger partial charge in [-0.3, -0.25) is 14.4 Å². The quantitative estimate of drug-likeness (QED) is 0.629. The number of rotatable bonds is 6. The molecular formula is C19H29N3O3. The molecule has 5 saturated carbocycles. The maximum Gasteiger partial charge on any atom is 0.226 e. The third kappa shape index (κ3) is 3.27. The first-order valence-corrected chi connectivity index (χ1v) is 9.75. The van der Waals surface area contributed by atoms with Crippen LogP contribution in [0.4, 0.5) is 0 Å². The van der Waals surface area contributed by atoms with E-state index in [1.54, 1.807) is 6.92 Å². The lowest BCUT2D eigenvalue weighted by atomic mass is 9.46. The normalized spacial score (nSPS) is 38.3. The second-order valence-electron chi connectivity index (χ2n) is 9.02. The summed E-state index contributed by atoms with van der Waals surface area (Å²) in [4.78, 5) is 36.3. The molecule has 0 heterocycles. The Labute approximate surface area is 148 Å². The highest BCUT2D eigenvalue weighted by atomic mass is 16.2. The Bertz CT molecular complexity index is 585. The molecule has 3 N–H and O–H groups in total. The fourth-order valence-corrected chi connectivity index (χ4v) is 6.09. The van der Waals surface area contributed by atoms with Gasteiger partial charge in [0, 0.05) is 31.5 Å². The number of carbonyl (C=O) groups excluding carboxylic acids is 3. The van der Waals surface area contributed by atoms with Crippen LogP contribution >= 0.6 is 0 Å². The minimum atomic E-state index is -0.326. The van der Waals surface area contributed by atoms with Crippen LogP contribution in [0.5, 0.6) is 0 Å². The molecule has 25 heavy (non-hydrogen) atoms. The minimum Gasteiger partial charge on any atom is -0.354 e. The van der Waals surface area contributed by atoms with Gasteiger partial charge in [-0.25, -0.2) is 0 Å². The standard InChI is InChI=1S/C19H29N3O3/c1-12(23)22-19-9-13-6-14(10-19)8-18(7-13,11-19)17(25)21-5-4-20-16(24)15-2-3-15/h13-15H,2-11H2,1H3,(H,20,24)(H,21,25)(H,22,23). The van der Waals surface area contributed by atoms with Crippen LogP contribution in [0.2, 0.25) is 0 Å². The molecule has 5 rings (SSSR count). The van der Waals surface area contributed by atoms with E-state index < -0.39 is 0 Å². The molecule has 4 bridgehead atoms. The highest BCUT2D eigenvalue weighted by Gasteiger charge is 2.60. The fourth-order valence-electron chi connectivity index (χ4n) is 6.09. The van der Waals surface area contributed by atoms with Gasteiger partial charge in [0.15, 0.2) is 0 Å². The van der Waals surface area contributed by atoms with Gasteiger partial charge in [-0.2, -0.15) is 0 Å². The van der Waals surface area contributed by atoms with E-state index in [0.717, 1.165) is 44.9 Å². The molecule has 5 aliphatic carbocycles. The molecule has 2 atom stereocenters. The molecule has 0 aromatic heterocycles. The van der Waals surface area contributed by atoms with Gasteiger partial charge in [0.1, 0.15) is 0 Å². The van der Waals surface area contributed by atoms with Gasteiger partial charge >= 0.3 is 0 Å². The van der Waals surface area contributed by atoms with Crippen molar-refractivity contribution >= 4 is 17.7 Å². The van der Waals surface area contributed by atoms with Crippen molar-refractivity contribution in [1.29, 1.82) is 0 Å². The van der Waals surface area contributed by atoms with Crippen LogP contribution in [0.15, 0.2) is 0 Å². The first-order chi connectivity index (χ1) is 11.9. The van der Waals surface area contributed by atoms with Crippen molar-refractivity contribution in [1.82, 2.24) is 16.0 Å². The summed E-state index contributed by atoms with van der Waals surface area (Å²) in [6.45, 7) is 2.57. The fraction of sp³-hybridized carbons (Fsp3) is 0.842. The Kier molecular flexibility index (Phi) is 4.04. The molecule has 0 saturated heterocycles. The molecule has 0 aliphatic heterocycles. The molecule has 0 radical (unpaired) electrons. The molecule has 6 nitrogen and oxygen atoms in total. The van der Waals surface area contributed by atoms with Crippen molar-refractivity contribution in [3.05, 3.63) is 0 Å². The van der Waals surface area contributed by atoms with Gasteiger partial charge in [0.05, 0.1) is 5.41 Å². The number of hydrogen-bond donors (Lipinski definition) is 3. The first-order valence-electron chi connectivity index (χ1n) is 9.75. The van der Waals surface area contributed by atoms with E-state index in [9.17, 15) is 14.4 Å². The summed E-state index contributed by atoms with van der Waals surface area (Å²) < 4.78 is 0. The molecule has 5 fully saturated rings. The van der Waals surface area contributed by atoms with Crippen LogP contribution in [0.3, 0.4) is 0 Å². The average molecular weight is 347 g/mol. The van der Waals surface area contributed by atoms with Crippen LogP contribution < -0.4 is 16.0 Å². The van der Waals surface area contributed by atoms with E-state index in [4.69, 9.17) is 0 Å². The van der Waals surface area contributed by atoms with Crippen LogP contribution in [0.1, 0.15) is 58.3 Å². The summed E-state index contributed by atoms with van der Waals surface area (Å²) in [5.41, 5.74) is -0.500. The van der Waals surface area contributed by atoms with E-state index >= 15 is 0 Å². The van der Waals surface area contributed by atoms with E-state index in [1.165, 1.54) is 6.42 Å². The maximum absolute atomic E-state index is 13.0. The summed E-state index contributed by atoms with van der Waals surface area (Å²) in [5.74, 6) is 1.56. The molecule has 3 amide bonds. The molecule has 0 spiro atoms. The lowest BCUT2D eigenvalue weighted by Gasteiger charge is -2.61. The monoisotopic (exact) mass is 347 g/mol. The van der Waals surface area contributed by atoms with Gasteiger partial charge in [0.2, 0.25) is 17.7 Å². The predicted octanol–water partition coefficient (Wildman–Crippen LogP) is 1.10. The second-order valence-corrected chi connectivity index (χ2v) is 9.02. The average Bonchev–Trinajstić information content (AvgIpc) is 3.33. The molecular weight excluding hydrogens is 318 g/mol. The van der Waals surface area contributed by atoms with E-state index in [-0.39, 0.29) is 34.6 Å². The van der Waals surface area contributed by atoms with Crippen LogP contribution in [-0.4, -0.2) is 36.3 Å². The Morgan fingerprint density at radius 3 is 2.20 bits per heavy atom. The zero-order chi connectivity index (χ0) is 17.7. The van der Waals surface area contributed by atoms with Gasteiger partial charge in [-0.15, -0.1) is 0 Å². The van der Waals surface area contributed by atoms with Crippen LogP contribution in [-0.2, 0) is 14.4 Å². The Morgan fingerprint density at radius 1 is 0.960 bits per heavy atom. The highest BCUT2D eigenvalue weighted by Crippen LogP contribution is 2.61. The SMILES string of the molecule is CC(=O)NC12CC3CC(C1)CC(C(=O)NCCNC(=O)C1CC1)(C3)C2. The molecule has 0 aromatic rings. The predicted molar refractivity (Wildman–Crippen MR) is 92.4 cm³/mol. The van der Waals surface area contributed by atoms with Crippen LogP contribution in [0, 0.1) is 23.2 Å². The number of hydrogen-bond acceptors (Lipinski definition) is 3. The summed E-state index contributed by atoms with van der Waals surface area (Å²) in [7, 11) is 0. The summed E-state index contributed by atoms with van der Waals surface area (Å²) in [5, 5.41) is 9.15. The third-order valence-electron chi connectivity index (χ3n) is 6.64. The lowest BCUT2D eigenvalue weighted by molar-refractivity contribution is -0.153. The molecule has 2 unspecified atom stereocenters. The Hall–Kier alpha value is -1.59. The van der Waals surface area contributed by atoms with E-state index in [0.29, 0.717) is 24.9 Å². The second kappa shape index (κ2) is 5.99. The summed E-state index contributed by atoms with van der Waals surface area (Å²) >= 11 is 0. The topological polar surface area (TPSA) is 87.3 Å². The van der Waals surface area contributed by atoms with Gasteiger partial charge in [0.25, 0.3) is 0 Å². The Morgan fingerprint density at radius 2 is 1.60 bits per heavy atom. The van der Waals surface area contributed by atoms with Crippen LogP contribution in [0.25, 0.3) is 0 Å². The van der Waals surface area contributed by atoms with Gasteiger partial charge in [-0.05, 0) is 63.2 Å². The number of carbonyl (C=O) groups is 3.